The third kappa shape index (κ3) is 8.03. The minimum Gasteiger partial charge on any atom is -0.387 e. The molecule has 1 unspecified atom stereocenters. The fraction of sp³-hybridized carbons (Fsp3) is 0.308. The van der Waals surface area contributed by atoms with Crippen LogP contribution in [0.5, 0.6) is 0 Å². The molecule has 7 N–H and O–H groups in total. The number of nitrogens with zero attached hydrogens (tertiary/aromatic N) is 6. The largest absolute Gasteiger partial charge is 0.387 e. The third-order valence-electron chi connectivity index (χ3n) is 10.2. The minimum absolute atomic E-state index is 0.0432. The second-order valence-corrected chi connectivity index (χ2v) is 15.6. The van der Waals surface area contributed by atoms with Gasteiger partial charge in [0, 0.05) is 43.3 Å². The molecular formula is C39H42N10O7S. The Kier molecular flexibility index (Phi) is 10.6. The van der Waals surface area contributed by atoms with Crippen molar-refractivity contribution < 1.29 is 32.7 Å². The number of benzene rings is 3. The maximum Gasteiger partial charge on any atom is 0.319 e. The van der Waals surface area contributed by atoms with Crippen LogP contribution in [-0.2, 0) is 21.2 Å². The number of carbonyl (C=O) groups excluding carboxylic acids is 1. The quantitative estimate of drug-likeness (QED) is 0.104. The van der Waals surface area contributed by atoms with Gasteiger partial charge in [0.25, 0.3) is 0 Å². The van der Waals surface area contributed by atoms with Crippen molar-refractivity contribution in [1.29, 1.82) is 0 Å². The highest BCUT2D eigenvalue weighted by molar-refractivity contribution is 7.89. The third-order valence-corrected chi connectivity index (χ3v) is 11.2. The smallest absolute Gasteiger partial charge is 0.319 e. The van der Waals surface area contributed by atoms with Crippen LogP contribution in [0, 0.1) is 0 Å². The van der Waals surface area contributed by atoms with E-state index < -0.39 is 40.6 Å². The van der Waals surface area contributed by atoms with Crippen LogP contribution in [0.25, 0.3) is 11.2 Å². The Balaban J connectivity index is 1.08. The first-order valence-corrected chi connectivity index (χ1v) is 20.1. The zero-order chi connectivity index (χ0) is 39.7. The van der Waals surface area contributed by atoms with Gasteiger partial charge in [0.2, 0.25) is 16.0 Å². The summed E-state index contributed by atoms with van der Waals surface area (Å²) in [6.45, 7) is 3.24. The molecule has 0 saturated carbocycles. The average Bonchev–Trinajstić information content (AvgIpc) is 4.03. The lowest BCUT2D eigenvalue weighted by molar-refractivity contribution is -0.0434. The minimum atomic E-state index is -3.95. The fourth-order valence-corrected chi connectivity index (χ4v) is 7.83. The number of nitrogens with one attached hydrogen (secondary N) is 3. The Labute approximate surface area is 327 Å². The monoisotopic (exact) mass is 794 g/mol. The van der Waals surface area contributed by atoms with E-state index in [9.17, 15) is 23.4 Å². The van der Waals surface area contributed by atoms with Crippen molar-refractivity contribution in [3.63, 3.8) is 0 Å². The number of aromatic nitrogens is 5. The van der Waals surface area contributed by atoms with Crippen molar-refractivity contribution in [2.24, 2.45) is 5.14 Å². The van der Waals surface area contributed by atoms with E-state index in [4.69, 9.17) is 24.4 Å². The predicted octanol–water partition coefficient (Wildman–Crippen LogP) is 3.66. The number of fused-ring (bicyclic) bond motifs is 1. The molecule has 57 heavy (non-hydrogen) atoms. The topological polar surface area (TPSA) is 236 Å². The number of aryl methyl sites for hydroxylation is 1. The molecule has 296 valence electrons. The zero-order valence-corrected chi connectivity index (χ0v) is 31.7. The van der Waals surface area contributed by atoms with Crippen molar-refractivity contribution >= 4 is 44.7 Å². The van der Waals surface area contributed by atoms with E-state index in [0.717, 1.165) is 11.1 Å². The molecule has 0 radical (unpaired) electrons. The van der Waals surface area contributed by atoms with Gasteiger partial charge < -0.3 is 40.3 Å². The number of carbonyl (C=O) groups is 1. The van der Waals surface area contributed by atoms with Gasteiger partial charge in [-0.25, -0.2) is 23.3 Å². The van der Waals surface area contributed by atoms with Crippen LogP contribution in [0.15, 0.2) is 107 Å². The summed E-state index contributed by atoms with van der Waals surface area (Å²) in [6.07, 6.45) is -2.04. The summed E-state index contributed by atoms with van der Waals surface area (Å²) in [4.78, 5) is 29.4. The highest BCUT2D eigenvalue weighted by Gasteiger charge is 2.47. The molecule has 2 aliphatic heterocycles. The lowest BCUT2D eigenvalue weighted by Crippen LogP contribution is -2.40. The van der Waals surface area contributed by atoms with E-state index in [0.29, 0.717) is 66.9 Å². The first-order chi connectivity index (χ1) is 27.6. The summed E-state index contributed by atoms with van der Waals surface area (Å²) in [5.74, 6) is 1.05. The molecule has 5 heterocycles. The second-order valence-electron chi connectivity index (χ2n) is 14.1. The summed E-state index contributed by atoms with van der Waals surface area (Å²) in [7, 11) is -3.95. The van der Waals surface area contributed by atoms with Crippen LogP contribution in [0.4, 0.5) is 22.2 Å². The maximum absolute atomic E-state index is 13.0. The van der Waals surface area contributed by atoms with E-state index in [1.165, 1.54) is 24.5 Å². The molecule has 17 nitrogen and oxygen atoms in total. The molecule has 18 heteroatoms. The highest BCUT2D eigenvalue weighted by atomic mass is 32.2. The highest BCUT2D eigenvalue weighted by Crippen LogP contribution is 2.41. The number of urea groups is 1. The van der Waals surface area contributed by atoms with Crippen molar-refractivity contribution in [1.82, 2.24) is 30.0 Å². The van der Waals surface area contributed by atoms with Gasteiger partial charge in [0.15, 0.2) is 29.0 Å². The van der Waals surface area contributed by atoms with Crippen molar-refractivity contribution in [3.8, 4) is 0 Å². The first kappa shape index (κ1) is 38.0. The molecule has 0 spiro atoms. The van der Waals surface area contributed by atoms with Crippen LogP contribution < -0.4 is 26.0 Å². The molecule has 2 aliphatic rings. The Hall–Kier alpha value is -5.92. The lowest BCUT2D eigenvalue weighted by Gasteiger charge is -2.22. The zero-order valence-electron chi connectivity index (χ0n) is 30.8. The van der Waals surface area contributed by atoms with Crippen molar-refractivity contribution in [3.05, 3.63) is 120 Å². The fourth-order valence-electron chi connectivity index (χ4n) is 7.27. The molecule has 5 atom stereocenters. The molecule has 3 aromatic heterocycles. The van der Waals surface area contributed by atoms with Crippen molar-refractivity contribution in [2.75, 3.05) is 35.2 Å². The number of hydrogen-bond donors (Lipinski definition) is 6. The molecule has 0 bridgehead atoms. The number of primary sulfonamides is 1. The predicted molar refractivity (Wildman–Crippen MR) is 210 cm³/mol. The Morgan fingerprint density at radius 1 is 0.982 bits per heavy atom. The van der Waals surface area contributed by atoms with Gasteiger partial charge in [0.1, 0.15) is 18.3 Å². The number of aliphatic hydroxyl groups is 2. The molecule has 2 amide bonds. The first-order valence-electron chi connectivity index (χ1n) is 18.6. The Morgan fingerprint density at radius 2 is 1.72 bits per heavy atom. The molecule has 2 saturated heterocycles. The molecule has 6 aromatic rings. The molecular weight excluding hydrogens is 753 g/mol. The van der Waals surface area contributed by atoms with Gasteiger partial charge >= 0.3 is 6.03 Å². The van der Waals surface area contributed by atoms with Crippen molar-refractivity contribution in [2.45, 2.75) is 61.2 Å². The summed E-state index contributed by atoms with van der Waals surface area (Å²) in [5.41, 5.74) is 3.96. The maximum atomic E-state index is 13.0. The summed E-state index contributed by atoms with van der Waals surface area (Å²) in [6, 6.07) is 26.9. The Morgan fingerprint density at radius 3 is 2.40 bits per heavy atom. The molecule has 3 aromatic carbocycles. The lowest BCUT2D eigenvalue weighted by atomic mass is 9.91. The number of hydrogen-bond acceptors (Lipinski definition) is 13. The van der Waals surface area contributed by atoms with Gasteiger partial charge in [0.05, 0.1) is 16.9 Å². The van der Waals surface area contributed by atoms with Gasteiger partial charge in [-0.05, 0) is 42.2 Å². The molecule has 2 fully saturated rings. The van der Waals surface area contributed by atoms with E-state index in [1.807, 2.05) is 48.2 Å². The van der Waals surface area contributed by atoms with Gasteiger partial charge in [-0.2, -0.15) is 9.97 Å². The summed E-state index contributed by atoms with van der Waals surface area (Å²) >= 11 is 0. The van der Waals surface area contributed by atoms with Crippen LogP contribution >= 0.6 is 0 Å². The number of amides is 2. The van der Waals surface area contributed by atoms with Crippen LogP contribution in [0.3, 0.4) is 0 Å². The van der Waals surface area contributed by atoms with Gasteiger partial charge in [-0.15, -0.1) is 0 Å². The number of nitrogens with two attached hydrogens (primary N) is 1. The number of ether oxygens (including phenoxy) is 1. The standard InChI is InChI=1S/C39H42N10O7S/c1-2-25-19-30(56-47-25)34-32(50)33(51)37(55-34)49-22-42-31-35(41-20-29(23-10-5-3-6-11-23)24-12-7-4-8-13-24)45-38(46-36(31)49)48-17-16-27(21-48)44-39(52)43-26-14-9-15-28(18-26)57(40,53)54/h3-15,18-19,22,27,29,32-34,37,50-51H,2,16-17,20-21H2,1H3,(H2,40,53,54)(H,41,45,46)(H2,43,44,52)/t27?,32-,33+,34+,37+/m0/s1. The van der Waals surface area contributed by atoms with E-state index in [2.05, 4.69) is 50.4 Å². The number of imidazole rings is 1. The van der Waals surface area contributed by atoms with Crippen LogP contribution in [-0.4, -0.2) is 87.2 Å². The van der Waals surface area contributed by atoms with E-state index in [1.54, 1.807) is 16.7 Å². The second kappa shape index (κ2) is 15.9. The number of sulfonamides is 1. The Bertz CT molecular complexity index is 2430. The average molecular weight is 795 g/mol. The summed E-state index contributed by atoms with van der Waals surface area (Å²) < 4.78 is 36.9. The van der Waals surface area contributed by atoms with Crippen LogP contribution in [0.2, 0.25) is 0 Å². The summed E-state index contributed by atoms with van der Waals surface area (Å²) in [5, 5.41) is 40.8. The van der Waals surface area contributed by atoms with E-state index in [-0.39, 0.29) is 22.5 Å². The number of aliphatic hydroxyl groups excluding tert-OH is 2. The van der Waals surface area contributed by atoms with Crippen LogP contribution in [0.1, 0.15) is 54.2 Å². The van der Waals surface area contributed by atoms with Gasteiger partial charge in [-0.3, -0.25) is 4.57 Å². The van der Waals surface area contributed by atoms with Gasteiger partial charge in [-0.1, -0.05) is 78.8 Å². The normalized spacial score (nSPS) is 21.0. The number of rotatable bonds is 12. The SMILES string of the molecule is CCc1cc([C@H]2O[C@@H](n3cnc4c(NCC(c5ccccc5)c5ccccc5)nc(N5CCC(NC(=O)Nc6cccc(S(N)(=O)=O)c6)C5)nc43)[C@H](O)[C@@H]2O)on1. The van der Waals surface area contributed by atoms with E-state index >= 15 is 0 Å². The molecule has 0 aliphatic carbocycles. The number of anilines is 3. The molecule has 8 rings (SSSR count).